The Morgan fingerprint density at radius 2 is 2.22 bits per heavy atom. The molecule has 8 heteroatoms. The topological polar surface area (TPSA) is 54.5 Å². The first-order valence-electron chi connectivity index (χ1n) is 7.37. The number of hydrogen-bond acceptors (Lipinski definition) is 5. The van der Waals surface area contributed by atoms with Crippen LogP contribution in [0.2, 0.25) is 0 Å². The highest BCUT2D eigenvalue weighted by atomic mass is 19.4. The van der Waals surface area contributed by atoms with Gasteiger partial charge in [0, 0.05) is 13.1 Å². The van der Waals surface area contributed by atoms with Crippen molar-refractivity contribution in [3.63, 3.8) is 0 Å². The van der Waals surface area contributed by atoms with Crippen LogP contribution >= 0.6 is 0 Å². The van der Waals surface area contributed by atoms with Gasteiger partial charge < -0.3 is 10.1 Å². The number of carbonyl (C=O) groups is 1. The van der Waals surface area contributed by atoms with Crippen LogP contribution in [0.3, 0.4) is 0 Å². The first-order valence-corrected chi connectivity index (χ1v) is 7.37. The number of methoxy groups -OCH3 is 1. The van der Waals surface area contributed by atoms with Crippen molar-refractivity contribution in [1.82, 2.24) is 9.88 Å². The summed E-state index contributed by atoms with van der Waals surface area (Å²) in [6.45, 7) is 2.29. The number of hydrogen-bond donors (Lipinski definition) is 1. The number of alkyl halides is 3. The fraction of sp³-hybridized carbons (Fsp3) is 0.600. The predicted octanol–water partition coefficient (Wildman–Crippen LogP) is 2.47. The number of carbonyl (C=O) groups excluding carboxylic acids is 1. The van der Waals surface area contributed by atoms with Crippen molar-refractivity contribution >= 4 is 11.8 Å². The number of rotatable bonds is 5. The number of anilines is 1. The molecule has 1 saturated heterocycles. The van der Waals surface area contributed by atoms with Gasteiger partial charge in [0.1, 0.15) is 5.82 Å². The summed E-state index contributed by atoms with van der Waals surface area (Å²) in [6.07, 6.45) is -3.42. The van der Waals surface area contributed by atoms with Crippen LogP contribution in [-0.4, -0.2) is 55.3 Å². The largest absolute Gasteiger partial charge is 0.465 e. The highest BCUT2D eigenvalue weighted by Crippen LogP contribution is 2.23. The zero-order valence-corrected chi connectivity index (χ0v) is 13.1. The fourth-order valence-electron chi connectivity index (χ4n) is 2.71. The SMILES string of the molecule is COC(=O)c1ccc(NCC2CCN(CC(F)(F)F)C2)nc1C. The highest BCUT2D eigenvalue weighted by Gasteiger charge is 2.34. The quantitative estimate of drug-likeness (QED) is 0.840. The van der Waals surface area contributed by atoms with E-state index >= 15 is 0 Å². The summed E-state index contributed by atoms with van der Waals surface area (Å²) in [4.78, 5) is 17.2. The van der Waals surface area contributed by atoms with Gasteiger partial charge in [-0.2, -0.15) is 13.2 Å². The van der Waals surface area contributed by atoms with Crippen molar-refractivity contribution in [2.24, 2.45) is 5.92 Å². The second-order valence-corrected chi connectivity index (χ2v) is 5.71. The first-order chi connectivity index (χ1) is 10.8. The van der Waals surface area contributed by atoms with Gasteiger partial charge in [-0.3, -0.25) is 4.90 Å². The van der Waals surface area contributed by atoms with Gasteiger partial charge in [0.05, 0.1) is 24.9 Å². The third-order valence-corrected chi connectivity index (χ3v) is 3.84. The molecule has 1 aromatic heterocycles. The minimum absolute atomic E-state index is 0.153. The summed E-state index contributed by atoms with van der Waals surface area (Å²) in [5.41, 5.74) is 0.947. The normalized spacial score (nSPS) is 18.9. The number of aryl methyl sites for hydroxylation is 1. The zero-order valence-electron chi connectivity index (χ0n) is 13.1. The van der Waals surface area contributed by atoms with Gasteiger partial charge in [-0.15, -0.1) is 0 Å². The predicted molar refractivity (Wildman–Crippen MR) is 79.4 cm³/mol. The fourth-order valence-corrected chi connectivity index (χ4v) is 2.71. The molecule has 1 fully saturated rings. The molecule has 5 nitrogen and oxygen atoms in total. The summed E-state index contributed by atoms with van der Waals surface area (Å²) in [7, 11) is 1.31. The van der Waals surface area contributed by atoms with Crippen LogP contribution < -0.4 is 5.32 Å². The molecule has 0 aliphatic carbocycles. The third-order valence-electron chi connectivity index (χ3n) is 3.84. The molecule has 1 aliphatic heterocycles. The van der Waals surface area contributed by atoms with Crippen LogP contribution in [0.5, 0.6) is 0 Å². The van der Waals surface area contributed by atoms with Gasteiger partial charge in [-0.05, 0) is 37.9 Å². The zero-order chi connectivity index (χ0) is 17.0. The van der Waals surface area contributed by atoms with Crippen LogP contribution in [0.1, 0.15) is 22.5 Å². The number of ether oxygens (including phenoxy) is 1. The van der Waals surface area contributed by atoms with E-state index in [-0.39, 0.29) is 5.92 Å². The number of nitrogens with one attached hydrogen (secondary N) is 1. The summed E-state index contributed by atoms with van der Waals surface area (Å²) in [5.74, 6) is 0.310. The number of nitrogens with zero attached hydrogens (tertiary/aromatic N) is 2. The monoisotopic (exact) mass is 331 g/mol. The Balaban J connectivity index is 1.85. The van der Waals surface area contributed by atoms with E-state index in [9.17, 15) is 18.0 Å². The summed E-state index contributed by atoms with van der Waals surface area (Å²) in [5, 5.41) is 3.12. The number of pyridine rings is 1. The van der Waals surface area contributed by atoms with E-state index in [1.807, 2.05) is 0 Å². The highest BCUT2D eigenvalue weighted by molar-refractivity contribution is 5.90. The van der Waals surface area contributed by atoms with Gasteiger partial charge in [0.2, 0.25) is 0 Å². The van der Waals surface area contributed by atoms with Gasteiger partial charge in [-0.1, -0.05) is 0 Å². The molecule has 0 saturated carbocycles. The van der Waals surface area contributed by atoms with E-state index < -0.39 is 18.7 Å². The molecular formula is C15H20F3N3O2. The van der Waals surface area contributed by atoms with Crippen LogP contribution in [-0.2, 0) is 4.74 Å². The maximum Gasteiger partial charge on any atom is 0.401 e. The van der Waals surface area contributed by atoms with E-state index in [0.29, 0.717) is 36.7 Å². The number of likely N-dealkylation sites (tertiary alicyclic amines) is 1. The Kier molecular flexibility index (Phi) is 5.46. The van der Waals surface area contributed by atoms with E-state index in [1.165, 1.54) is 12.0 Å². The van der Waals surface area contributed by atoms with Crippen molar-refractivity contribution in [2.75, 3.05) is 38.6 Å². The summed E-state index contributed by atoms with van der Waals surface area (Å²) in [6, 6.07) is 3.29. The standard InChI is InChI=1S/C15H20F3N3O2/c1-10-12(14(22)23-2)3-4-13(20-10)19-7-11-5-6-21(8-11)9-15(16,17)18/h3-4,11H,5-9H2,1-2H3,(H,19,20). The number of aromatic nitrogens is 1. The summed E-state index contributed by atoms with van der Waals surface area (Å²) >= 11 is 0. The van der Waals surface area contributed by atoms with E-state index in [0.717, 1.165) is 6.42 Å². The molecule has 0 aromatic carbocycles. The van der Waals surface area contributed by atoms with E-state index in [1.54, 1.807) is 19.1 Å². The van der Waals surface area contributed by atoms with Crippen LogP contribution in [0.4, 0.5) is 19.0 Å². The van der Waals surface area contributed by atoms with Gasteiger partial charge >= 0.3 is 12.1 Å². The molecule has 1 unspecified atom stereocenters. The van der Waals surface area contributed by atoms with Crippen LogP contribution in [0, 0.1) is 12.8 Å². The molecule has 0 spiro atoms. The van der Waals surface area contributed by atoms with Crippen molar-refractivity contribution < 1.29 is 22.7 Å². The molecule has 128 valence electrons. The molecule has 0 radical (unpaired) electrons. The average molecular weight is 331 g/mol. The second-order valence-electron chi connectivity index (χ2n) is 5.71. The molecule has 0 bridgehead atoms. The molecule has 1 N–H and O–H groups in total. The lowest BCUT2D eigenvalue weighted by Gasteiger charge is -2.18. The lowest BCUT2D eigenvalue weighted by atomic mass is 10.1. The second kappa shape index (κ2) is 7.16. The molecule has 2 heterocycles. The van der Waals surface area contributed by atoms with E-state index in [4.69, 9.17) is 0 Å². The molecule has 23 heavy (non-hydrogen) atoms. The van der Waals surface area contributed by atoms with Crippen LogP contribution in [0.15, 0.2) is 12.1 Å². The molecule has 2 rings (SSSR count). The smallest absolute Gasteiger partial charge is 0.401 e. The first kappa shape index (κ1) is 17.5. The van der Waals surface area contributed by atoms with Crippen molar-refractivity contribution in [3.8, 4) is 0 Å². The Labute approximate surface area is 132 Å². The Morgan fingerprint density at radius 1 is 1.48 bits per heavy atom. The van der Waals surface area contributed by atoms with Crippen molar-refractivity contribution in [1.29, 1.82) is 0 Å². The Hall–Kier alpha value is -1.83. The third kappa shape index (κ3) is 5.09. The lowest BCUT2D eigenvalue weighted by molar-refractivity contribution is -0.143. The number of halogens is 3. The Morgan fingerprint density at radius 3 is 2.83 bits per heavy atom. The molecule has 1 aliphatic rings. The summed E-state index contributed by atoms with van der Waals surface area (Å²) < 4.78 is 41.7. The minimum Gasteiger partial charge on any atom is -0.465 e. The van der Waals surface area contributed by atoms with Crippen LogP contribution in [0.25, 0.3) is 0 Å². The maximum absolute atomic E-state index is 12.4. The van der Waals surface area contributed by atoms with E-state index in [2.05, 4.69) is 15.0 Å². The molecule has 1 aromatic rings. The van der Waals surface area contributed by atoms with Crippen molar-refractivity contribution in [3.05, 3.63) is 23.4 Å². The van der Waals surface area contributed by atoms with Gasteiger partial charge in [0.15, 0.2) is 0 Å². The lowest BCUT2D eigenvalue weighted by Crippen LogP contribution is -2.33. The van der Waals surface area contributed by atoms with Gasteiger partial charge in [-0.25, -0.2) is 9.78 Å². The molecular weight excluding hydrogens is 311 g/mol. The number of esters is 1. The van der Waals surface area contributed by atoms with Crippen molar-refractivity contribution in [2.45, 2.75) is 19.5 Å². The molecule has 0 amide bonds. The minimum atomic E-state index is -4.15. The molecule has 1 atom stereocenters. The van der Waals surface area contributed by atoms with Gasteiger partial charge in [0.25, 0.3) is 0 Å². The maximum atomic E-state index is 12.4. The Bertz CT molecular complexity index is 563. The average Bonchev–Trinajstić information content (AvgIpc) is 2.90.